The average Bonchev–Trinajstić information content (AvgIpc) is 3.62. The first-order valence-corrected chi connectivity index (χ1v) is 19.5. The smallest absolute Gasteiger partial charge is 1.00 e. The summed E-state index contributed by atoms with van der Waals surface area (Å²) < 4.78 is 0. The molecular formula is C48H56Cl2SiZr. The first-order valence-electron chi connectivity index (χ1n) is 18.5. The van der Waals surface area contributed by atoms with Crippen LogP contribution in [0.1, 0.15) is 139 Å². The van der Waals surface area contributed by atoms with E-state index in [-0.39, 0.29) is 51.0 Å². The quantitative estimate of drug-likeness (QED) is 0.203. The summed E-state index contributed by atoms with van der Waals surface area (Å²) in [5.74, 6) is 0. The summed E-state index contributed by atoms with van der Waals surface area (Å²) in [6.07, 6.45) is 14.4. The standard InChI is InChI=1S/2C18H23.C12H10Si.2ClH.Zr/c2*1-12-8-13-10-15-16(11-14(13)9-12)18(4,5)7-6-17(15,2)3;1-3-7-11(8-4-1)13-12-9-5-2-6-10-12;;;/h2*10-11H,6-8H2,1-5H3;1-10H;2*1H;/q2*-1;;;;+4/p-2. The Balaban J connectivity index is 0.000000207. The molecule has 0 heterocycles. The third-order valence-electron chi connectivity index (χ3n) is 11.6. The van der Waals surface area contributed by atoms with E-state index in [0.717, 1.165) is 22.4 Å². The summed E-state index contributed by atoms with van der Waals surface area (Å²) in [4.78, 5) is 0. The molecule has 0 aliphatic heterocycles. The fourth-order valence-corrected chi connectivity index (χ4v) is 9.22. The Kier molecular flexibility index (Phi) is 14.7. The SMILES string of the molecule is CC1=[C-]c2cc3c(cc2C1)C(C)(C)CCC3(C)C.CC1=[C-]c2cc3c(cc2C1)C(C)(C)CCC3(C)C.[Cl-].[Cl-].[Zr+4].c1ccc([Si]c2ccccc2)cc1. The number of fused-ring (bicyclic) bond motifs is 4. The largest absolute Gasteiger partial charge is 4.00 e. The van der Waals surface area contributed by atoms with Crippen molar-refractivity contribution in [2.45, 2.75) is 129 Å². The fraction of sp³-hybridized carbons (Fsp3) is 0.417. The van der Waals surface area contributed by atoms with E-state index in [1.807, 2.05) is 0 Å². The summed E-state index contributed by atoms with van der Waals surface area (Å²) in [5.41, 5.74) is 16.0. The molecule has 0 bridgehead atoms. The van der Waals surface area contributed by atoms with E-state index in [1.54, 1.807) is 22.3 Å². The van der Waals surface area contributed by atoms with Gasteiger partial charge < -0.3 is 24.8 Å². The van der Waals surface area contributed by atoms with Crippen LogP contribution in [0.5, 0.6) is 0 Å². The molecule has 270 valence electrons. The molecule has 4 heteroatoms. The number of halogens is 2. The molecule has 4 aromatic rings. The van der Waals surface area contributed by atoms with E-state index in [9.17, 15) is 0 Å². The number of benzene rings is 4. The van der Waals surface area contributed by atoms with Crippen molar-refractivity contribution >= 4 is 19.9 Å². The zero-order valence-corrected chi connectivity index (χ0v) is 38.1. The zero-order chi connectivity index (χ0) is 35.2. The van der Waals surface area contributed by atoms with Gasteiger partial charge in [0.2, 0.25) is 0 Å². The van der Waals surface area contributed by atoms with Crippen LogP contribution in [0, 0.1) is 12.2 Å². The molecule has 0 saturated carbocycles. The molecule has 4 aromatic carbocycles. The van der Waals surface area contributed by atoms with Crippen LogP contribution in [0.2, 0.25) is 0 Å². The first kappa shape index (κ1) is 44.4. The predicted octanol–water partition coefficient (Wildman–Crippen LogP) is 4.73. The average molecular weight is 823 g/mol. The number of allylic oxidation sites excluding steroid dienone is 2. The molecule has 8 rings (SSSR count). The predicted molar refractivity (Wildman–Crippen MR) is 212 cm³/mol. The van der Waals surface area contributed by atoms with E-state index in [0.29, 0.717) is 21.7 Å². The van der Waals surface area contributed by atoms with E-state index < -0.39 is 0 Å². The molecular weight excluding hydrogens is 767 g/mol. The summed E-state index contributed by atoms with van der Waals surface area (Å²) >= 11 is 0. The monoisotopic (exact) mass is 820 g/mol. The van der Waals surface area contributed by atoms with Crippen molar-refractivity contribution < 1.29 is 51.0 Å². The van der Waals surface area contributed by atoms with Gasteiger partial charge in [0.25, 0.3) is 0 Å². The molecule has 0 spiro atoms. The van der Waals surface area contributed by atoms with E-state index in [4.69, 9.17) is 0 Å². The Morgan fingerprint density at radius 2 is 0.750 bits per heavy atom. The van der Waals surface area contributed by atoms with Crippen LogP contribution in [0.3, 0.4) is 0 Å². The molecule has 2 radical (unpaired) electrons. The maximum Gasteiger partial charge on any atom is 4.00 e. The van der Waals surface area contributed by atoms with Crippen LogP contribution in [0.4, 0.5) is 0 Å². The van der Waals surface area contributed by atoms with Crippen LogP contribution in [0.15, 0.2) is 96.1 Å². The van der Waals surface area contributed by atoms with Crippen LogP contribution < -0.4 is 35.2 Å². The Labute approximate surface area is 350 Å². The molecule has 0 N–H and O–H groups in total. The molecule has 0 atom stereocenters. The van der Waals surface area contributed by atoms with Crippen LogP contribution in [-0.2, 0) is 60.7 Å². The number of hydrogen-bond donors (Lipinski definition) is 0. The van der Waals surface area contributed by atoms with Crippen molar-refractivity contribution in [3.8, 4) is 0 Å². The van der Waals surface area contributed by atoms with Gasteiger partial charge in [0.05, 0.1) is 0 Å². The van der Waals surface area contributed by atoms with E-state index in [2.05, 4.69) is 166 Å². The second kappa shape index (κ2) is 17.2. The van der Waals surface area contributed by atoms with Gasteiger partial charge in [-0.05, 0) is 47.3 Å². The third kappa shape index (κ3) is 9.82. The summed E-state index contributed by atoms with van der Waals surface area (Å²) in [6.45, 7) is 23.5. The second-order valence-corrected chi connectivity index (χ2v) is 19.1. The first-order chi connectivity index (χ1) is 23.0. The Hall–Kier alpha value is -1.96. The van der Waals surface area contributed by atoms with Crippen molar-refractivity contribution in [3.05, 3.63) is 153 Å². The molecule has 52 heavy (non-hydrogen) atoms. The molecule has 0 amide bonds. The van der Waals surface area contributed by atoms with Crippen molar-refractivity contribution in [2.75, 3.05) is 0 Å². The second-order valence-electron chi connectivity index (χ2n) is 17.7. The van der Waals surface area contributed by atoms with Gasteiger partial charge in [-0.3, -0.25) is 0 Å². The van der Waals surface area contributed by atoms with E-state index in [1.165, 1.54) is 69.5 Å². The van der Waals surface area contributed by atoms with Crippen molar-refractivity contribution in [2.24, 2.45) is 0 Å². The van der Waals surface area contributed by atoms with E-state index >= 15 is 0 Å². The molecule has 0 aromatic heterocycles. The molecule has 0 saturated heterocycles. The van der Waals surface area contributed by atoms with Crippen LogP contribution in [0.25, 0.3) is 0 Å². The van der Waals surface area contributed by atoms with Gasteiger partial charge in [0.15, 0.2) is 0 Å². The third-order valence-corrected chi connectivity index (χ3v) is 12.8. The maximum absolute atomic E-state index is 3.53. The van der Waals surface area contributed by atoms with Gasteiger partial charge in [-0.25, -0.2) is 0 Å². The van der Waals surface area contributed by atoms with Gasteiger partial charge >= 0.3 is 26.2 Å². The Bertz CT molecular complexity index is 1760. The zero-order valence-electron chi connectivity index (χ0n) is 33.1. The maximum atomic E-state index is 3.53. The van der Waals surface area contributed by atoms with Gasteiger partial charge in [0.1, 0.15) is 9.52 Å². The fourth-order valence-electron chi connectivity index (χ4n) is 8.17. The van der Waals surface area contributed by atoms with Crippen molar-refractivity contribution in [1.29, 1.82) is 0 Å². The van der Waals surface area contributed by atoms with Crippen LogP contribution in [-0.4, -0.2) is 9.52 Å². The minimum Gasteiger partial charge on any atom is -1.00 e. The molecule has 4 aliphatic rings. The van der Waals surface area contributed by atoms with Crippen molar-refractivity contribution in [3.63, 3.8) is 0 Å². The Morgan fingerprint density at radius 1 is 0.462 bits per heavy atom. The van der Waals surface area contributed by atoms with Crippen LogP contribution >= 0.6 is 0 Å². The van der Waals surface area contributed by atoms with Gasteiger partial charge in [-0.2, -0.15) is 35.4 Å². The minimum atomic E-state index is 0. The van der Waals surface area contributed by atoms with Gasteiger partial charge in [-0.1, -0.05) is 175 Å². The number of hydrogen-bond acceptors (Lipinski definition) is 0. The molecule has 0 unspecified atom stereocenters. The van der Waals surface area contributed by atoms with Crippen molar-refractivity contribution in [1.82, 2.24) is 0 Å². The Morgan fingerprint density at radius 3 is 1.06 bits per heavy atom. The molecule has 4 aliphatic carbocycles. The number of rotatable bonds is 2. The minimum absolute atomic E-state index is 0. The van der Waals surface area contributed by atoms with Gasteiger partial charge in [0, 0.05) is 0 Å². The molecule has 0 fully saturated rings. The molecule has 0 nitrogen and oxygen atoms in total. The summed E-state index contributed by atoms with van der Waals surface area (Å²) in [6, 6.07) is 30.9. The summed E-state index contributed by atoms with van der Waals surface area (Å²) in [7, 11) is 0.777. The van der Waals surface area contributed by atoms with Gasteiger partial charge in [-0.15, -0.1) is 34.4 Å². The summed E-state index contributed by atoms with van der Waals surface area (Å²) in [5, 5.41) is 2.79. The normalized spacial score (nSPS) is 18.6. The topological polar surface area (TPSA) is 0 Å².